The summed E-state index contributed by atoms with van der Waals surface area (Å²) in [6, 6.07) is 5.17. The molecule has 0 spiro atoms. The lowest BCUT2D eigenvalue weighted by molar-refractivity contribution is -0.496. The molecule has 0 saturated heterocycles. The number of carbonyl (C=O) groups excluding carboxylic acids is 1. The Morgan fingerprint density at radius 3 is 2.28 bits per heavy atom. The number of hydrogen-bond donors (Lipinski definition) is 0. The van der Waals surface area contributed by atoms with Crippen LogP contribution in [0.3, 0.4) is 0 Å². The second-order valence-electron chi connectivity index (χ2n) is 5.72. The topological polar surface area (TPSA) is 103 Å². The Morgan fingerprint density at radius 2 is 1.72 bits per heavy atom. The van der Waals surface area contributed by atoms with Crippen LogP contribution in [0.4, 0.5) is 5.69 Å². The molecule has 0 amide bonds. The molecule has 0 radical (unpaired) electrons. The highest BCUT2D eigenvalue weighted by Crippen LogP contribution is 2.29. The minimum atomic E-state index is -0.627. The van der Waals surface area contributed by atoms with E-state index in [1.54, 1.807) is 19.9 Å². The Morgan fingerprint density at radius 1 is 1.08 bits per heavy atom. The fourth-order valence-corrected chi connectivity index (χ4v) is 2.88. The van der Waals surface area contributed by atoms with Gasteiger partial charge in [-0.05, 0) is 49.6 Å². The van der Waals surface area contributed by atoms with Crippen molar-refractivity contribution < 1.29 is 14.6 Å². The predicted molar refractivity (Wildman–Crippen MR) is 92.9 cm³/mol. The Kier molecular flexibility index (Phi) is 5.18. The molecular weight excluding hydrogens is 348 g/mol. The van der Waals surface area contributed by atoms with E-state index in [0.29, 0.717) is 5.56 Å². The van der Waals surface area contributed by atoms with Crippen molar-refractivity contribution in [2.24, 2.45) is 0 Å². The van der Waals surface area contributed by atoms with Crippen LogP contribution >= 0.6 is 11.6 Å². The zero-order valence-corrected chi connectivity index (χ0v) is 14.6. The number of nitro benzene ring substituents is 1. The molecule has 2 aromatic carbocycles. The van der Waals surface area contributed by atoms with E-state index in [1.807, 2.05) is 6.92 Å². The van der Waals surface area contributed by atoms with Crippen LogP contribution in [0.1, 0.15) is 38.2 Å². The summed E-state index contributed by atoms with van der Waals surface area (Å²) in [5, 5.41) is 22.0. The third-order valence-corrected chi connectivity index (χ3v) is 4.50. The molecule has 0 heterocycles. The lowest BCUT2D eigenvalue weighted by atomic mass is 9.89. The van der Waals surface area contributed by atoms with Crippen LogP contribution in [0.25, 0.3) is 0 Å². The van der Waals surface area contributed by atoms with E-state index in [1.165, 1.54) is 12.1 Å². The van der Waals surface area contributed by atoms with E-state index < -0.39 is 22.2 Å². The van der Waals surface area contributed by atoms with Crippen LogP contribution in [0, 0.1) is 41.0 Å². The van der Waals surface area contributed by atoms with Crippen molar-refractivity contribution in [3.8, 4) is 0 Å². The van der Waals surface area contributed by atoms with E-state index in [0.717, 1.165) is 17.2 Å². The van der Waals surface area contributed by atoms with Gasteiger partial charge in [0.25, 0.3) is 5.69 Å². The van der Waals surface area contributed by atoms with Gasteiger partial charge in [0.05, 0.1) is 9.95 Å². The van der Waals surface area contributed by atoms with Crippen LogP contribution in [-0.2, 0) is 6.54 Å². The molecular formula is C17H15ClN2O5. The molecule has 0 fully saturated rings. The van der Waals surface area contributed by atoms with Crippen LogP contribution in [0.2, 0.25) is 5.02 Å². The second kappa shape index (κ2) is 6.98. The molecule has 0 atom stereocenters. The lowest BCUT2D eigenvalue weighted by Crippen LogP contribution is -2.13. The normalized spacial score (nSPS) is 10.6. The van der Waals surface area contributed by atoms with Crippen molar-refractivity contribution >= 4 is 23.1 Å². The molecule has 0 aromatic heterocycles. The quantitative estimate of drug-likeness (QED) is 0.451. The molecule has 130 valence electrons. The molecule has 0 aliphatic heterocycles. The number of benzene rings is 2. The first-order valence-corrected chi connectivity index (χ1v) is 7.71. The Labute approximate surface area is 148 Å². The lowest BCUT2D eigenvalue weighted by Gasteiger charge is -2.15. The molecule has 7 nitrogen and oxygen atoms in total. The van der Waals surface area contributed by atoms with Gasteiger partial charge in [0.15, 0.2) is 5.78 Å². The largest absolute Gasteiger partial charge is 0.289 e. The monoisotopic (exact) mass is 362 g/mol. The van der Waals surface area contributed by atoms with Gasteiger partial charge in [-0.15, -0.1) is 0 Å². The minimum absolute atomic E-state index is 0.0492. The second-order valence-corrected chi connectivity index (χ2v) is 6.13. The zero-order valence-electron chi connectivity index (χ0n) is 13.8. The van der Waals surface area contributed by atoms with Crippen molar-refractivity contribution in [2.75, 3.05) is 0 Å². The van der Waals surface area contributed by atoms with Crippen LogP contribution in [0.15, 0.2) is 24.3 Å². The Bertz CT molecular complexity index is 908. The molecule has 2 rings (SSSR count). The van der Waals surface area contributed by atoms with Crippen molar-refractivity contribution in [1.82, 2.24) is 0 Å². The summed E-state index contributed by atoms with van der Waals surface area (Å²) in [6.07, 6.45) is 0. The number of hydrogen-bond acceptors (Lipinski definition) is 5. The standard InChI is InChI=1S/C17H15ClN2O5/c1-9-6-12(8-19(22)23)16(11(3)10(9)2)17(21)14-7-13(20(24)25)4-5-15(14)18/h4-7H,8H2,1-3H3. The van der Waals surface area contributed by atoms with E-state index in [2.05, 4.69) is 0 Å². The van der Waals surface area contributed by atoms with Gasteiger partial charge in [-0.1, -0.05) is 11.6 Å². The highest BCUT2D eigenvalue weighted by Gasteiger charge is 2.24. The van der Waals surface area contributed by atoms with Gasteiger partial charge < -0.3 is 0 Å². The SMILES string of the molecule is Cc1cc(C[N+](=O)[O-])c(C(=O)c2cc([N+](=O)[O-])ccc2Cl)c(C)c1C. The zero-order chi connectivity index (χ0) is 18.9. The fraction of sp³-hybridized carbons (Fsp3) is 0.235. The van der Waals surface area contributed by atoms with Crippen LogP contribution < -0.4 is 0 Å². The van der Waals surface area contributed by atoms with E-state index in [-0.39, 0.29) is 27.4 Å². The van der Waals surface area contributed by atoms with Gasteiger partial charge in [0, 0.05) is 33.7 Å². The van der Waals surface area contributed by atoms with Crippen molar-refractivity contribution in [1.29, 1.82) is 0 Å². The molecule has 0 N–H and O–H groups in total. The number of rotatable bonds is 5. The summed E-state index contributed by atoms with van der Waals surface area (Å²) >= 11 is 6.05. The number of nitro groups is 2. The molecule has 0 unspecified atom stereocenters. The Hall–Kier alpha value is -2.80. The van der Waals surface area contributed by atoms with Gasteiger partial charge in [-0.3, -0.25) is 25.0 Å². The first-order chi connectivity index (χ1) is 11.6. The maximum atomic E-state index is 13.0. The van der Waals surface area contributed by atoms with E-state index >= 15 is 0 Å². The maximum Gasteiger partial charge on any atom is 0.270 e. The summed E-state index contributed by atoms with van der Waals surface area (Å²) in [4.78, 5) is 33.8. The van der Waals surface area contributed by atoms with Gasteiger partial charge in [-0.2, -0.15) is 0 Å². The van der Waals surface area contributed by atoms with Crippen molar-refractivity contribution in [3.63, 3.8) is 0 Å². The summed E-state index contributed by atoms with van der Waals surface area (Å²) in [7, 11) is 0. The van der Waals surface area contributed by atoms with Crippen molar-refractivity contribution in [3.05, 3.63) is 82.9 Å². The molecule has 0 aliphatic carbocycles. The highest BCUT2D eigenvalue weighted by molar-refractivity contribution is 6.35. The predicted octanol–water partition coefficient (Wildman–Crippen LogP) is 4.18. The van der Waals surface area contributed by atoms with Crippen LogP contribution in [0.5, 0.6) is 0 Å². The summed E-state index contributed by atoms with van der Waals surface area (Å²) in [6.45, 7) is 4.80. The molecule has 0 saturated carbocycles. The average Bonchev–Trinajstić information content (AvgIpc) is 2.52. The summed E-state index contributed by atoms with van der Waals surface area (Å²) in [5.41, 5.74) is 2.37. The van der Waals surface area contributed by atoms with E-state index in [4.69, 9.17) is 11.6 Å². The number of halogens is 1. The molecule has 8 heteroatoms. The van der Waals surface area contributed by atoms with Crippen molar-refractivity contribution in [2.45, 2.75) is 27.3 Å². The number of nitrogens with zero attached hydrogens (tertiary/aromatic N) is 2. The first kappa shape index (κ1) is 18.5. The van der Waals surface area contributed by atoms with Gasteiger partial charge in [0.2, 0.25) is 6.54 Å². The molecule has 0 aliphatic rings. The average molecular weight is 363 g/mol. The molecule has 0 bridgehead atoms. The van der Waals surface area contributed by atoms with Crippen LogP contribution in [-0.4, -0.2) is 15.6 Å². The first-order valence-electron chi connectivity index (χ1n) is 7.33. The van der Waals surface area contributed by atoms with Gasteiger partial charge in [-0.25, -0.2) is 0 Å². The molecule has 2 aromatic rings. The number of ketones is 1. The maximum absolute atomic E-state index is 13.0. The summed E-state index contributed by atoms with van der Waals surface area (Å²) in [5.74, 6) is -0.564. The van der Waals surface area contributed by atoms with E-state index in [9.17, 15) is 25.0 Å². The third-order valence-electron chi connectivity index (χ3n) is 4.17. The Balaban J connectivity index is 2.71. The fourth-order valence-electron chi connectivity index (χ4n) is 2.68. The molecule has 25 heavy (non-hydrogen) atoms. The van der Waals surface area contributed by atoms with Gasteiger partial charge in [0.1, 0.15) is 0 Å². The smallest absolute Gasteiger partial charge is 0.270 e. The highest BCUT2D eigenvalue weighted by atomic mass is 35.5. The minimum Gasteiger partial charge on any atom is -0.289 e. The van der Waals surface area contributed by atoms with Gasteiger partial charge >= 0.3 is 0 Å². The summed E-state index contributed by atoms with van der Waals surface area (Å²) < 4.78 is 0. The number of aryl methyl sites for hydroxylation is 1. The number of carbonyl (C=O) groups is 1. The number of non-ortho nitro benzene ring substituents is 1. The third kappa shape index (κ3) is 3.66.